The Hall–Kier alpha value is -4.10. The highest BCUT2D eigenvalue weighted by molar-refractivity contribution is 7.13. The molecule has 0 radical (unpaired) electrons. The Labute approximate surface area is 206 Å². The van der Waals surface area contributed by atoms with Gasteiger partial charge in [-0.2, -0.15) is 4.99 Å². The highest BCUT2D eigenvalue weighted by atomic mass is 32.1. The summed E-state index contributed by atoms with van der Waals surface area (Å²) in [5.41, 5.74) is 13.1. The average molecular weight is 495 g/mol. The maximum Gasteiger partial charge on any atom is 0.344 e. The molecule has 1 aliphatic rings. The van der Waals surface area contributed by atoms with Crippen LogP contribution in [0.4, 0.5) is 15.9 Å². The first kappa shape index (κ1) is 24.0. The molecule has 3 heterocycles. The summed E-state index contributed by atoms with van der Waals surface area (Å²) < 4.78 is 0. The SMILES string of the molecule is NC(N)=NC(=O)NCc1cccc(-c2cnc(N3CCN(CC(=O)Nc4nccs4)CC3)nc2)c1. The van der Waals surface area contributed by atoms with E-state index in [9.17, 15) is 9.59 Å². The summed E-state index contributed by atoms with van der Waals surface area (Å²) in [5, 5.41) is 7.88. The smallest absolute Gasteiger partial charge is 0.344 e. The molecule has 35 heavy (non-hydrogen) atoms. The molecule has 1 saturated heterocycles. The van der Waals surface area contributed by atoms with Gasteiger partial charge in [-0.3, -0.25) is 9.69 Å². The van der Waals surface area contributed by atoms with Crippen molar-refractivity contribution in [3.63, 3.8) is 0 Å². The van der Waals surface area contributed by atoms with Crippen LogP contribution in [0.3, 0.4) is 0 Å². The number of hydrogen-bond acceptors (Lipinski definition) is 8. The predicted octanol–water partition coefficient (Wildman–Crippen LogP) is 0.844. The van der Waals surface area contributed by atoms with Crippen molar-refractivity contribution in [1.82, 2.24) is 25.2 Å². The lowest BCUT2D eigenvalue weighted by molar-refractivity contribution is -0.117. The standard InChI is InChI=1S/C22H26N10O2S/c23-19(24)30-21(34)28-11-15-2-1-3-16(10-15)17-12-26-20(27-13-17)32-7-5-31(6-8-32)14-18(33)29-22-25-4-9-35-22/h1-4,9-10,12-13H,5-8,11,14H2,(H,25,29,33)(H5,23,24,28,30,34). The van der Waals surface area contributed by atoms with Gasteiger partial charge in [-0.1, -0.05) is 18.2 Å². The van der Waals surface area contributed by atoms with Gasteiger partial charge in [0, 0.05) is 62.3 Å². The lowest BCUT2D eigenvalue weighted by Gasteiger charge is -2.34. The molecular weight excluding hydrogens is 468 g/mol. The number of carbonyl (C=O) groups excluding carboxylic acids is 2. The van der Waals surface area contributed by atoms with E-state index in [1.807, 2.05) is 29.6 Å². The molecule has 0 bridgehead atoms. The Morgan fingerprint density at radius 2 is 1.83 bits per heavy atom. The molecule has 1 fully saturated rings. The molecule has 3 aromatic rings. The molecule has 12 nitrogen and oxygen atoms in total. The number of guanidine groups is 1. The topological polar surface area (TPSA) is 168 Å². The molecule has 1 aromatic carbocycles. The van der Waals surface area contributed by atoms with Crippen LogP contribution < -0.4 is 27.0 Å². The summed E-state index contributed by atoms with van der Waals surface area (Å²) >= 11 is 1.40. The van der Waals surface area contributed by atoms with Crippen LogP contribution in [-0.2, 0) is 11.3 Å². The zero-order valence-electron chi connectivity index (χ0n) is 18.9. The van der Waals surface area contributed by atoms with E-state index in [-0.39, 0.29) is 18.4 Å². The first-order valence-corrected chi connectivity index (χ1v) is 11.8. The Bertz CT molecular complexity index is 1170. The molecule has 0 aliphatic carbocycles. The van der Waals surface area contributed by atoms with E-state index >= 15 is 0 Å². The van der Waals surface area contributed by atoms with Gasteiger partial charge in [-0.25, -0.2) is 19.7 Å². The average Bonchev–Trinajstić information content (AvgIpc) is 3.36. The minimum atomic E-state index is -0.594. The van der Waals surface area contributed by atoms with Gasteiger partial charge < -0.3 is 27.0 Å². The number of benzene rings is 1. The van der Waals surface area contributed by atoms with E-state index in [4.69, 9.17) is 11.5 Å². The lowest BCUT2D eigenvalue weighted by atomic mass is 10.1. The molecule has 2 aromatic heterocycles. The molecule has 0 unspecified atom stereocenters. The molecule has 0 saturated carbocycles. The quantitative estimate of drug-likeness (QED) is 0.275. The third kappa shape index (κ3) is 6.94. The van der Waals surface area contributed by atoms with Crippen LogP contribution in [0.5, 0.6) is 0 Å². The van der Waals surface area contributed by atoms with Crippen LogP contribution in [0.1, 0.15) is 5.56 Å². The van der Waals surface area contributed by atoms with Gasteiger partial charge in [-0.05, 0) is 17.2 Å². The van der Waals surface area contributed by atoms with Gasteiger partial charge >= 0.3 is 6.03 Å². The second-order valence-electron chi connectivity index (χ2n) is 7.82. The van der Waals surface area contributed by atoms with Crippen molar-refractivity contribution < 1.29 is 9.59 Å². The second-order valence-corrected chi connectivity index (χ2v) is 8.71. The van der Waals surface area contributed by atoms with Crippen molar-refractivity contribution in [2.24, 2.45) is 16.5 Å². The zero-order valence-corrected chi connectivity index (χ0v) is 19.7. The van der Waals surface area contributed by atoms with Crippen LogP contribution in [0.25, 0.3) is 11.1 Å². The van der Waals surface area contributed by atoms with E-state index in [2.05, 4.69) is 40.4 Å². The third-order valence-corrected chi connectivity index (χ3v) is 5.96. The molecule has 182 valence electrons. The minimum Gasteiger partial charge on any atom is -0.370 e. The van der Waals surface area contributed by atoms with Crippen molar-refractivity contribution in [3.8, 4) is 11.1 Å². The first-order chi connectivity index (χ1) is 17.0. The van der Waals surface area contributed by atoms with Crippen LogP contribution in [0.2, 0.25) is 0 Å². The number of nitrogens with one attached hydrogen (secondary N) is 2. The summed E-state index contributed by atoms with van der Waals surface area (Å²) in [6.45, 7) is 3.56. The highest BCUT2D eigenvalue weighted by Gasteiger charge is 2.21. The molecule has 0 spiro atoms. The fourth-order valence-electron chi connectivity index (χ4n) is 3.58. The summed E-state index contributed by atoms with van der Waals surface area (Å²) in [7, 11) is 0. The molecule has 3 amide bonds. The van der Waals surface area contributed by atoms with Crippen LogP contribution >= 0.6 is 11.3 Å². The fraction of sp³-hybridized carbons (Fsp3) is 0.273. The Morgan fingerprint density at radius 3 is 2.51 bits per heavy atom. The van der Waals surface area contributed by atoms with E-state index in [0.29, 0.717) is 17.6 Å². The van der Waals surface area contributed by atoms with Gasteiger partial charge in [0.25, 0.3) is 0 Å². The lowest BCUT2D eigenvalue weighted by Crippen LogP contribution is -2.49. The van der Waals surface area contributed by atoms with Crippen molar-refractivity contribution >= 4 is 40.3 Å². The number of amides is 3. The van der Waals surface area contributed by atoms with Crippen LogP contribution in [-0.4, -0.2) is 70.5 Å². The van der Waals surface area contributed by atoms with E-state index in [0.717, 1.165) is 42.9 Å². The summed E-state index contributed by atoms with van der Waals surface area (Å²) in [6.07, 6.45) is 5.23. The number of rotatable bonds is 7. The molecule has 13 heteroatoms. The van der Waals surface area contributed by atoms with E-state index in [1.165, 1.54) is 11.3 Å². The number of nitrogens with zero attached hydrogens (tertiary/aromatic N) is 6. The number of anilines is 2. The Kier molecular flexibility index (Phi) is 7.80. The van der Waals surface area contributed by atoms with Gasteiger partial charge in [0.05, 0.1) is 6.54 Å². The normalized spacial score (nSPS) is 13.8. The first-order valence-electron chi connectivity index (χ1n) is 10.9. The van der Waals surface area contributed by atoms with E-state index in [1.54, 1.807) is 18.6 Å². The maximum atomic E-state index is 12.2. The second kappa shape index (κ2) is 11.4. The van der Waals surface area contributed by atoms with Crippen molar-refractivity contribution in [2.45, 2.75) is 6.54 Å². The number of nitrogens with two attached hydrogens (primary N) is 2. The number of thiazole rings is 1. The molecule has 0 atom stereocenters. The van der Waals surface area contributed by atoms with Gasteiger partial charge in [0.2, 0.25) is 11.9 Å². The van der Waals surface area contributed by atoms with Crippen molar-refractivity contribution in [1.29, 1.82) is 0 Å². The Balaban J connectivity index is 1.29. The summed E-state index contributed by atoms with van der Waals surface area (Å²) in [4.78, 5) is 44.6. The van der Waals surface area contributed by atoms with Crippen molar-refractivity contribution in [2.75, 3.05) is 42.9 Å². The number of aromatic nitrogens is 3. The largest absolute Gasteiger partial charge is 0.370 e. The van der Waals surface area contributed by atoms with Gasteiger partial charge in [0.15, 0.2) is 11.1 Å². The Morgan fingerprint density at radius 1 is 1.06 bits per heavy atom. The highest BCUT2D eigenvalue weighted by Crippen LogP contribution is 2.21. The molecular formula is C22H26N10O2S. The van der Waals surface area contributed by atoms with Crippen LogP contribution in [0.15, 0.2) is 53.2 Å². The number of carbonyl (C=O) groups is 2. The molecule has 4 rings (SSSR count). The third-order valence-electron chi connectivity index (χ3n) is 5.27. The van der Waals surface area contributed by atoms with Crippen molar-refractivity contribution in [3.05, 3.63) is 53.8 Å². The molecule has 1 aliphatic heterocycles. The molecule has 6 N–H and O–H groups in total. The summed E-state index contributed by atoms with van der Waals surface area (Å²) in [6, 6.07) is 7.10. The summed E-state index contributed by atoms with van der Waals surface area (Å²) in [5.74, 6) is 0.306. The van der Waals surface area contributed by atoms with Gasteiger partial charge in [0.1, 0.15) is 0 Å². The van der Waals surface area contributed by atoms with Gasteiger partial charge in [-0.15, -0.1) is 11.3 Å². The number of aliphatic imine (C=N–C) groups is 1. The number of piperazine rings is 1. The fourth-order valence-corrected chi connectivity index (χ4v) is 4.13. The number of urea groups is 1. The monoisotopic (exact) mass is 494 g/mol. The number of hydrogen-bond donors (Lipinski definition) is 4. The minimum absolute atomic E-state index is 0.0629. The zero-order chi connectivity index (χ0) is 24.6. The van der Waals surface area contributed by atoms with Crippen LogP contribution in [0, 0.1) is 0 Å². The predicted molar refractivity (Wildman–Crippen MR) is 135 cm³/mol. The van der Waals surface area contributed by atoms with E-state index < -0.39 is 6.03 Å². The maximum absolute atomic E-state index is 12.2.